The Morgan fingerprint density at radius 2 is 2.11 bits per heavy atom. The second-order valence-corrected chi connectivity index (χ2v) is 7.43. The number of carbonyl (C=O) groups excluding carboxylic acids is 2. The lowest BCUT2D eigenvalue weighted by atomic mass is 10.1. The SMILES string of the molecule is O=C1Nc2sc(C(=O)NCc3nc4ccccc4[nH]3)cc2/C1=C/c1ccc[nH]1. The van der Waals surface area contributed by atoms with Crippen molar-refractivity contribution in [2.75, 3.05) is 5.32 Å². The van der Waals surface area contributed by atoms with Gasteiger partial charge in [-0.25, -0.2) is 4.98 Å². The van der Waals surface area contributed by atoms with Gasteiger partial charge in [-0.2, -0.15) is 0 Å². The Bertz CT molecular complexity index is 1200. The van der Waals surface area contributed by atoms with Gasteiger partial charge in [0.2, 0.25) is 0 Å². The van der Waals surface area contributed by atoms with E-state index >= 15 is 0 Å². The zero-order valence-corrected chi connectivity index (χ0v) is 15.4. The molecule has 1 aliphatic heterocycles. The molecule has 0 unspecified atom stereocenters. The van der Waals surface area contributed by atoms with E-state index in [0.29, 0.717) is 27.8 Å². The second kappa shape index (κ2) is 6.50. The molecule has 0 spiro atoms. The Balaban J connectivity index is 1.34. The predicted octanol–water partition coefficient (Wildman–Crippen LogP) is 3.38. The topological polar surface area (TPSA) is 103 Å². The van der Waals surface area contributed by atoms with Crippen LogP contribution >= 0.6 is 11.3 Å². The molecular weight excluding hydrogens is 374 g/mol. The Labute approximate surface area is 163 Å². The minimum Gasteiger partial charge on any atom is -0.362 e. The van der Waals surface area contributed by atoms with E-state index in [2.05, 4.69) is 25.6 Å². The number of anilines is 1. The highest BCUT2D eigenvalue weighted by Crippen LogP contribution is 2.39. The molecule has 4 N–H and O–H groups in total. The first kappa shape index (κ1) is 16.5. The van der Waals surface area contributed by atoms with Crippen molar-refractivity contribution in [3.8, 4) is 0 Å². The Hall–Kier alpha value is -3.65. The number of aromatic nitrogens is 3. The number of carbonyl (C=O) groups is 2. The van der Waals surface area contributed by atoms with Crippen LogP contribution in [0.25, 0.3) is 22.7 Å². The number of imidazole rings is 1. The summed E-state index contributed by atoms with van der Waals surface area (Å²) >= 11 is 1.26. The van der Waals surface area contributed by atoms with Crippen molar-refractivity contribution in [2.24, 2.45) is 0 Å². The van der Waals surface area contributed by atoms with Gasteiger partial charge in [0.1, 0.15) is 10.8 Å². The van der Waals surface area contributed by atoms with Gasteiger partial charge >= 0.3 is 0 Å². The van der Waals surface area contributed by atoms with Crippen molar-refractivity contribution in [3.05, 3.63) is 70.6 Å². The highest BCUT2D eigenvalue weighted by Gasteiger charge is 2.28. The lowest BCUT2D eigenvalue weighted by Crippen LogP contribution is -2.22. The largest absolute Gasteiger partial charge is 0.362 e. The maximum Gasteiger partial charge on any atom is 0.261 e. The molecule has 1 aliphatic rings. The Morgan fingerprint density at radius 3 is 2.93 bits per heavy atom. The summed E-state index contributed by atoms with van der Waals surface area (Å²) in [7, 11) is 0. The fraction of sp³-hybridized carbons (Fsp3) is 0.0500. The van der Waals surface area contributed by atoms with Crippen LogP contribution in [-0.2, 0) is 11.3 Å². The second-order valence-electron chi connectivity index (χ2n) is 6.37. The van der Waals surface area contributed by atoms with Crippen LogP contribution in [0.2, 0.25) is 0 Å². The van der Waals surface area contributed by atoms with Crippen LogP contribution in [0.5, 0.6) is 0 Å². The maximum atomic E-state index is 12.6. The number of amides is 2. The third-order valence-electron chi connectivity index (χ3n) is 4.49. The van der Waals surface area contributed by atoms with Crippen molar-refractivity contribution in [2.45, 2.75) is 6.54 Å². The molecule has 0 saturated carbocycles. The summed E-state index contributed by atoms with van der Waals surface area (Å²) < 4.78 is 0. The summed E-state index contributed by atoms with van der Waals surface area (Å²) in [6.45, 7) is 0.299. The first-order valence-corrected chi connectivity index (χ1v) is 9.51. The van der Waals surface area contributed by atoms with Crippen molar-refractivity contribution >= 4 is 50.8 Å². The lowest BCUT2D eigenvalue weighted by Gasteiger charge is -2.01. The molecule has 7 nitrogen and oxygen atoms in total. The lowest BCUT2D eigenvalue weighted by molar-refractivity contribution is -0.110. The van der Waals surface area contributed by atoms with E-state index < -0.39 is 0 Å². The normalized spacial score (nSPS) is 14.4. The molecule has 4 aromatic rings. The number of benzene rings is 1. The van der Waals surface area contributed by atoms with Crippen LogP contribution in [-0.4, -0.2) is 26.8 Å². The van der Waals surface area contributed by atoms with Gasteiger partial charge in [0.05, 0.1) is 28.0 Å². The molecule has 0 bridgehead atoms. The number of para-hydroxylation sites is 2. The van der Waals surface area contributed by atoms with Crippen LogP contribution in [0.4, 0.5) is 5.00 Å². The molecule has 5 rings (SSSR count). The monoisotopic (exact) mass is 389 g/mol. The molecule has 28 heavy (non-hydrogen) atoms. The smallest absolute Gasteiger partial charge is 0.261 e. The standard InChI is InChI=1S/C20H15N5O2S/c26-18-12(8-11-4-3-7-21-11)13-9-16(28-20(13)25-18)19(27)22-10-17-23-14-5-1-2-6-15(14)24-17/h1-9,21H,10H2,(H,22,27)(H,23,24)(H,25,26)/b12-8-. The van der Waals surface area contributed by atoms with Crippen LogP contribution in [0.3, 0.4) is 0 Å². The van der Waals surface area contributed by atoms with Crippen molar-refractivity contribution in [1.29, 1.82) is 0 Å². The highest BCUT2D eigenvalue weighted by atomic mass is 32.1. The summed E-state index contributed by atoms with van der Waals surface area (Å²) in [6.07, 6.45) is 3.58. The average Bonchev–Trinajstić information content (AvgIpc) is 3.45. The van der Waals surface area contributed by atoms with Crippen LogP contribution < -0.4 is 10.6 Å². The molecular formula is C20H15N5O2S. The molecule has 0 aliphatic carbocycles. The number of aromatic amines is 2. The first-order chi connectivity index (χ1) is 13.7. The Morgan fingerprint density at radius 1 is 1.21 bits per heavy atom. The van der Waals surface area contributed by atoms with Gasteiger partial charge in [-0.05, 0) is 36.4 Å². The number of nitrogens with zero attached hydrogens (tertiary/aromatic N) is 1. The van der Waals surface area contributed by atoms with Gasteiger partial charge in [0.25, 0.3) is 11.8 Å². The summed E-state index contributed by atoms with van der Waals surface area (Å²) in [5, 5.41) is 6.39. The predicted molar refractivity (Wildman–Crippen MR) is 109 cm³/mol. The van der Waals surface area contributed by atoms with Crippen molar-refractivity contribution in [3.63, 3.8) is 0 Å². The van der Waals surface area contributed by atoms with Gasteiger partial charge < -0.3 is 20.6 Å². The quantitative estimate of drug-likeness (QED) is 0.402. The van der Waals surface area contributed by atoms with Gasteiger partial charge in [0, 0.05) is 17.5 Å². The molecule has 0 radical (unpaired) electrons. The highest BCUT2D eigenvalue weighted by molar-refractivity contribution is 7.18. The van der Waals surface area contributed by atoms with Crippen molar-refractivity contribution in [1.82, 2.24) is 20.3 Å². The van der Waals surface area contributed by atoms with Crippen LogP contribution in [0.15, 0.2) is 48.7 Å². The number of hydrogen-bond acceptors (Lipinski definition) is 4. The van der Waals surface area contributed by atoms with E-state index in [1.54, 1.807) is 18.3 Å². The summed E-state index contributed by atoms with van der Waals surface area (Å²) in [5.41, 5.74) is 3.93. The van der Waals surface area contributed by atoms with Gasteiger partial charge in [-0.1, -0.05) is 12.1 Å². The number of hydrogen-bond donors (Lipinski definition) is 4. The van der Waals surface area contributed by atoms with E-state index in [0.717, 1.165) is 22.3 Å². The third kappa shape index (κ3) is 2.89. The van der Waals surface area contributed by atoms with Gasteiger partial charge in [0.15, 0.2) is 0 Å². The molecule has 8 heteroatoms. The molecule has 2 amide bonds. The molecule has 0 fully saturated rings. The molecule has 1 aromatic carbocycles. The zero-order chi connectivity index (χ0) is 19.1. The number of fused-ring (bicyclic) bond motifs is 2. The zero-order valence-electron chi connectivity index (χ0n) is 14.6. The summed E-state index contributed by atoms with van der Waals surface area (Å²) in [4.78, 5) is 36.0. The van der Waals surface area contributed by atoms with Crippen molar-refractivity contribution < 1.29 is 9.59 Å². The molecule has 0 saturated heterocycles. The van der Waals surface area contributed by atoms with E-state index in [9.17, 15) is 9.59 Å². The fourth-order valence-corrected chi connectivity index (χ4v) is 4.15. The first-order valence-electron chi connectivity index (χ1n) is 8.70. The average molecular weight is 389 g/mol. The number of thiophene rings is 1. The molecule has 0 atom stereocenters. The van der Waals surface area contributed by atoms with Gasteiger partial charge in [-0.3, -0.25) is 9.59 Å². The van der Waals surface area contributed by atoms with Gasteiger partial charge in [-0.15, -0.1) is 11.3 Å². The maximum absolute atomic E-state index is 12.6. The minimum absolute atomic E-state index is 0.162. The summed E-state index contributed by atoms with van der Waals surface area (Å²) in [6, 6.07) is 13.2. The number of H-pyrrole nitrogens is 2. The fourth-order valence-electron chi connectivity index (χ4n) is 3.16. The van der Waals surface area contributed by atoms with E-state index in [1.165, 1.54) is 11.3 Å². The number of rotatable bonds is 4. The van der Waals surface area contributed by atoms with Crippen LogP contribution in [0, 0.1) is 0 Å². The summed E-state index contributed by atoms with van der Waals surface area (Å²) in [5.74, 6) is 0.331. The van der Waals surface area contributed by atoms with E-state index in [1.807, 2.05) is 36.4 Å². The molecule has 138 valence electrons. The molecule has 4 heterocycles. The van der Waals surface area contributed by atoms with E-state index in [-0.39, 0.29) is 11.8 Å². The third-order valence-corrected chi connectivity index (χ3v) is 5.54. The number of nitrogens with one attached hydrogen (secondary N) is 4. The van der Waals surface area contributed by atoms with E-state index in [4.69, 9.17) is 0 Å². The van der Waals surface area contributed by atoms with Crippen LogP contribution in [0.1, 0.15) is 26.8 Å². The molecule has 3 aromatic heterocycles. The minimum atomic E-state index is -0.201. The Kier molecular flexibility index (Phi) is 3.84.